The van der Waals surface area contributed by atoms with Crippen LogP contribution in [-0.4, -0.2) is 11.5 Å². The number of fused-ring (bicyclic) bond motifs is 1. The summed E-state index contributed by atoms with van der Waals surface area (Å²) in [5, 5.41) is 11.2. The quantitative estimate of drug-likeness (QED) is 0.519. The Morgan fingerprint density at radius 2 is 1.88 bits per heavy atom. The molecule has 1 heterocycles. The van der Waals surface area contributed by atoms with Crippen LogP contribution in [0.3, 0.4) is 0 Å². The van der Waals surface area contributed by atoms with E-state index in [4.69, 9.17) is 9.15 Å². The van der Waals surface area contributed by atoms with Crippen molar-refractivity contribution in [1.29, 1.82) is 0 Å². The molecule has 0 amide bonds. The maximum absolute atomic E-state index is 12.3. The van der Waals surface area contributed by atoms with Crippen LogP contribution in [0.4, 0.5) is 5.69 Å². The first-order valence-corrected chi connectivity index (χ1v) is 7.54. The fourth-order valence-electron chi connectivity index (χ4n) is 2.33. The Labute approximate surface area is 137 Å². The average molecular weight is 325 g/mol. The predicted molar refractivity (Wildman–Crippen MR) is 90.4 cm³/mol. The van der Waals surface area contributed by atoms with Gasteiger partial charge in [-0.15, -0.1) is 0 Å². The molecule has 3 rings (SSSR count). The molecule has 3 aromatic rings. The minimum Gasteiger partial charge on any atom is -0.493 e. The second-order valence-electron chi connectivity index (χ2n) is 5.29. The van der Waals surface area contributed by atoms with Crippen LogP contribution in [0.1, 0.15) is 13.3 Å². The van der Waals surface area contributed by atoms with E-state index in [1.165, 1.54) is 18.2 Å². The predicted octanol–water partition coefficient (Wildman–Crippen LogP) is 4.16. The highest BCUT2D eigenvalue weighted by Crippen LogP contribution is 2.26. The molecular weight excluding hydrogens is 310 g/mol. The molecule has 24 heavy (non-hydrogen) atoms. The van der Waals surface area contributed by atoms with Gasteiger partial charge in [-0.05, 0) is 30.7 Å². The van der Waals surface area contributed by atoms with Crippen molar-refractivity contribution in [3.63, 3.8) is 0 Å². The molecule has 0 bridgehead atoms. The standard InChI is InChI=1S/C18H15NO5/c1-2-9-23-14-7-8-15-16(20)11-17(24-18(15)10-14)12-3-5-13(6-4-12)19(21)22/h3-8,10-11H,2,9H2,1H3. The molecule has 0 unspecified atom stereocenters. The Morgan fingerprint density at radius 1 is 1.12 bits per heavy atom. The minimum atomic E-state index is -0.475. The summed E-state index contributed by atoms with van der Waals surface area (Å²) in [4.78, 5) is 22.5. The maximum atomic E-state index is 12.3. The summed E-state index contributed by atoms with van der Waals surface area (Å²) < 4.78 is 11.4. The number of nitrogens with zero attached hydrogens (tertiary/aromatic N) is 1. The van der Waals surface area contributed by atoms with Crippen LogP contribution in [0, 0.1) is 10.1 Å². The van der Waals surface area contributed by atoms with Gasteiger partial charge in [0.15, 0.2) is 5.43 Å². The fraction of sp³-hybridized carbons (Fsp3) is 0.167. The number of non-ortho nitro benzene ring substituents is 1. The zero-order valence-corrected chi connectivity index (χ0v) is 13.0. The van der Waals surface area contributed by atoms with Crippen molar-refractivity contribution in [2.45, 2.75) is 13.3 Å². The van der Waals surface area contributed by atoms with Crippen molar-refractivity contribution in [2.75, 3.05) is 6.61 Å². The number of hydrogen-bond donors (Lipinski definition) is 0. The van der Waals surface area contributed by atoms with E-state index in [9.17, 15) is 14.9 Å². The Morgan fingerprint density at radius 3 is 2.54 bits per heavy atom. The summed E-state index contributed by atoms with van der Waals surface area (Å²) in [6.07, 6.45) is 0.880. The lowest BCUT2D eigenvalue weighted by atomic mass is 10.1. The van der Waals surface area contributed by atoms with Gasteiger partial charge in [0.1, 0.15) is 17.1 Å². The van der Waals surface area contributed by atoms with Crippen LogP contribution in [0.5, 0.6) is 5.75 Å². The van der Waals surface area contributed by atoms with Gasteiger partial charge in [0.2, 0.25) is 0 Å². The summed E-state index contributed by atoms with van der Waals surface area (Å²) in [6.45, 7) is 2.59. The van der Waals surface area contributed by atoms with Crippen molar-refractivity contribution < 1.29 is 14.1 Å². The van der Waals surface area contributed by atoms with E-state index >= 15 is 0 Å². The SMILES string of the molecule is CCCOc1ccc2c(=O)cc(-c3ccc([N+](=O)[O-])cc3)oc2c1. The van der Waals surface area contributed by atoms with E-state index in [2.05, 4.69) is 0 Å². The number of ether oxygens (including phenoxy) is 1. The van der Waals surface area contributed by atoms with Gasteiger partial charge in [0.25, 0.3) is 5.69 Å². The van der Waals surface area contributed by atoms with Crippen molar-refractivity contribution >= 4 is 16.7 Å². The molecule has 0 aliphatic rings. The highest BCUT2D eigenvalue weighted by Gasteiger charge is 2.10. The number of rotatable bonds is 5. The number of nitro benzene ring substituents is 1. The molecule has 0 aliphatic heterocycles. The third-order valence-electron chi connectivity index (χ3n) is 3.54. The fourth-order valence-corrected chi connectivity index (χ4v) is 2.33. The second-order valence-corrected chi connectivity index (χ2v) is 5.29. The summed E-state index contributed by atoms with van der Waals surface area (Å²) in [6, 6.07) is 12.3. The van der Waals surface area contributed by atoms with Gasteiger partial charge in [-0.25, -0.2) is 0 Å². The van der Waals surface area contributed by atoms with Crippen LogP contribution >= 0.6 is 0 Å². The van der Waals surface area contributed by atoms with E-state index in [1.807, 2.05) is 6.92 Å². The van der Waals surface area contributed by atoms with Crippen molar-refractivity contribution in [2.24, 2.45) is 0 Å². The van der Waals surface area contributed by atoms with Gasteiger partial charge < -0.3 is 9.15 Å². The van der Waals surface area contributed by atoms with E-state index in [0.717, 1.165) is 6.42 Å². The third-order valence-corrected chi connectivity index (χ3v) is 3.54. The van der Waals surface area contributed by atoms with Crippen LogP contribution in [0.15, 0.2) is 57.7 Å². The molecule has 0 atom stereocenters. The summed E-state index contributed by atoms with van der Waals surface area (Å²) >= 11 is 0. The molecule has 6 heteroatoms. The normalized spacial score (nSPS) is 10.7. The third kappa shape index (κ3) is 3.12. The highest BCUT2D eigenvalue weighted by molar-refractivity contribution is 5.80. The molecule has 0 aliphatic carbocycles. The largest absolute Gasteiger partial charge is 0.493 e. The second kappa shape index (κ2) is 6.54. The average Bonchev–Trinajstić information content (AvgIpc) is 2.59. The van der Waals surface area contributed by atoms with Gasteiger partial charge >= 0.3 is 0 Å². The molecule has 0 spiro atoms. The van der Waals surface area contributed by atoms with Gasteiger partial charge in [0.05, 0.1) is 16.9 Å². The molecule has 122 valence electrons. The molecule has 0 saturated heterocycles. The van der Waals surface area contributed by atoms with Crippen LogP contribution in [0.25, 0.3) is 22.3 Å². The van der Waals surface area contributed by atoms with Gasteiger partial charge in [-0.3, -0.25) is 14.9 Å². The molecule has 6 nitrogen and oxygen atoms in total. The monoisotopic (exact) mass is 325 g/mol. The smallest absolute Gasteiger partial charge is 0.269 e. The molecular formula is C18H15NO5. The lowest BCUT2D eigenvalue weighted by Gasteiger charge is -2.07. The van der Waals surface area contributed by atoms with E-state index in [-0.39, 0.29) is 11.1 Å². The van der Waals surface area contributed by atoms with Crippen molar-refractivity contribution in [3.05, 3.63) is 68.9 Å². The van der Waals surface area contributed by atoms with Gasteiger partial charge in [-0.1, -0.05) is 6.92 Å². The van der Waals surface area contributed by atoms with Crippen molar-refractivity contribution in [1.82, 2.24) is 0 Å². The number of nitro groups is 1. The van der Waals surface area contributed by atoms with Crippen LogP contribution in [0.2, 0.25) is 0 Å². The van der Waals surface area contributed by atoms with Crippen molar-refractivity contribution in [3.8, 4) is 17.1 Å². The summed E-state index contributed by atoms with van der Waals surface area (Å²) in [5.74, 6) is 0.989. The topological polar surface area (TPSA) is 82.6 Å². The molecule has 0 radical (unpaired) electrons. The first-order chi connectivity index (χ1) is 11.6. The Bertz CT molecular complexity index is 944. The summed E-state index contributed by atoms with van der Waals surface area (Å²) in [7, 11) is 0. The van der Waals surface area contributed by atoms with Crippen LogP contribution < -0.4 is 10.2 Å². The Balaban J connectivity index is 2.04. The van der Waals surface area contributed by atoms with E-state index < -0.39 is 4.92 Å². The Hall–Kier alpha value is -3.15. The molecule has 0 N–H and O–H groups in total. The summed E-state index contributed by atoms with van der Waals surface area (Å²) in [5.41, 5.74) is 0.827. The van der Waals surface area contributed by atoms with E-state index in [0.29, 0.717) is 34.6 Å². The lowest BCUT2D eigenvalue weighted by Crippen LogP contribution is -2.01. The molecule has 0 saturated carbocycles. The Kier molecular flexibility index (Phi) is 4.29. The first-order valence-electron chi connectivity index (χ1n) is 7.54. The van der Waals surface area contributed by atoms with E-state index in [1.54, 1.807) is 30.3 Å². The first kappa shape index (κ1) is 15.7. The van der Waals surface area contributed by atoms with Crippen LogP contribution in [-0.2, 0) is 0 Å². The maximum Gasteiger partial charge on any atom is 0.269 e. The van der Waals surface area contributed by atoms with Gasteiger partial charge in [0, 0.05) is 29.8 Å². The molecule has 1 aromatic heterocycles. The van der Waals surface area contributed by atoms with Gasteiger partial charge in [-0.2, -0.15) is 0 Å². The minimum absolute atomic E-state index is 0.0165. The number of hydrogen-bond acceptors (Lipinski definition) is 5. The lowest BCUT2D eigenvalue weighted by molar-refractivity contribution is -0.384. The highest BCUT2D eigenvalue weighted by atomic mass is 16.6. The molecule has 2 aromatic carbocycles. The molecule has 0 fully saturated rings. The zero-order chi connectivity index (χ0) is 17.1. The number of benzene rings is 2. The zero-order valence-electron chi connectivity index (χ0n) is 13.0.